The van der Waals surface area contributed by atoms with Crippen molar-refractivity contribution in [3.05, 3.63) is 107 Å². The van der Waals surface area contributed by atoms with Crippen molar-refractivity contribution in [1.82, 2.24) is 10.5 Å². The van der Waals surface area contributed by atoms with Gasteiger partial charge in [-0.3, -0.25) is 14.8 Å². The smallest absolute Gasteiger partial charge is 0.274 e. The predicted octanol–water partition coefficient (Wildman–Crippen LogP) is 5.56. The summed E-state index contributed by atoms with van der Waals surface area (Å²) in [7, 11) is 0. The number of hydroxylamine groups is 1. The van der Waals surface area contributed by atoms with Crippen LogP contribution in [0.4, 0.5) is 8.78 Å². The summed E-state index contributed by atoms with van der Waals surface area (Å²) >= 11 is 0. The van der Waals surface area contributed by atoms with Gasteiger partial charge in [0.1, 0.15) is 11.6 Å². The van der Waals surface area contributed by atoms with Gasteiger partial charge < -0.3 is 4.98 Å². The van der Waals surface area contributed by atoms with Crippen LogP contribution in [0.25, 0.3) is 22.4 Å². The summed E-state index contributed by atoms with van der Waals surface area (Å²) in [5.41, 5.74) is 5.81. The third-order valence-corrected chi connectivity index (χ3v) is 5.37. The molecule has 0 radical (unpaired) electrons. The van der Waals surface area contributed by atoms with Crippen LogP contribution in [0.2, 0.25) is 0 Å². The number of ketones is 1. The van der Waals surface area contributed by atoms with E-state index in [1.807, 2.05) is 0 Å². The molecule has 0 spiro atoms. The van der Waals surface area contributed by atoms with Crippen molar-refractivity contribution >= 4 is 11.7 Å². The summed E-state index contributed by atoms with van der Waals surface area (Å²) in [5, 5.41) is 8.71. The lowest BCUT2D eigenvalue weighted by molar-refractivity contribution is 0.0706. The lowest BCUT2D eigenvalue weighted by Gasteiger charge is -2.05. The number of hydrogen-bond acceptors (Lipinski definition) is 3. The zero-order valence-corrected chi connectivity index (χ0v) is 17.4. The molecule has 4 aromatic rings. The fraction of sp³-hybridized carbons (Fsp3) is 0.0769. The monoisotopic (exact) mass is 446 g/mol. The quantitative estimate of drug-likeness (QED) is 0.197. The van der Waals surface area contributed by atoms with Crippen molar-refractivity contribution < 1.29 is 23.6 Å². The number of aryl methyl sites for hydroxylation is 1. The molecule has 1 aromatic heterocycles. The molecule has 0 bridgehead atoms. The molecule has 0 saturated carbocycles. The van der Waals surface area contributed by atoms with E-state index in [0.29, 0.717) is 34.5 Å². The number of rotatable bonds is 7. The van der Waals surface area contributed by atoms with Gasteiger partial charge in [0.2, 0.25) is 0 Å². The van der Waals surface area contributed by atoms with E-state index in [1.54, 1.807) is 60.1 Å². The van der Waals surface area contributed by atoms with Crippen LogP contribution in [-0.4, -0.2) is 21.9 Å². The standard InChI is InChI=1S/C26H20F2N2O3/c27-20-10-6-17(7-11-20)22-15-23(18-8-12-21(28)13-9-18)29-25(22)24(31)14-3-16-1-4-19(5-2-16)26(32)30-33/h1-2,4-13,15,29,33H,3,14H2,(H,30,32). The van der Waals surface area contributed by atoms with Crippen LogP contribution in [-0.2, 0) is 6.42 Å². The highest BCUT2D eigenvalue weighted by molar-refractivity contribution is 6.02. The first-order chi connectivity index (χ1) is 15.9. The minimum atomic E-state index is -0.610. The second-order valence-corrected chi connectivity index (χ2v) is 7.55. The number of benzene rings is 3. The van der Waals surface area contributed by atoms with E-state index in [4.69, 9.17) is 5.21 Å². The molecule has 0 aliphatic carbocycles. The van der Waals surface area contributed by atoms with E-state index in [9.17, 15) is 18.4 Å². The van der Waals surface area contributed by atoms with E-state index in [2.05, 4.69) is 4.98 Å². The van der Waals surface area contributed by atoms with E-state index in [0.717, 1.165) is 11.1 Å². The lowest BCUT2D eigenvalue weighted by atomic mass is 9.99. The van der Waals surface area contributed by atoms with Gasteiger partial charge in [-0.05, 0) is 77.7 Å². The SMILES string of the molecule is O=C(NO)c1ccc(CCC(=O)c2[nH]c(-c3ccc(F)cc3)cc2-c2ccc(F)cc2)cc1. The number of H-pyrrole nitrogens is 1. The Morgan fingerprint density at radius 2 is 1.39 bits per heavy atom. The Morgan fingerprint density at radius 3 is 1.97 bits per heavy atom. The van der Waals surface area contributed by atoms with E-state index < -0.39 is 5.91 Å². The topological polar surface area (TPSA) is 82.2 Å². The van der Waals surface area contributed by atoms with Crippen LogP contribution in [0.3, 0.4) is 0 Å². The molecular weight excluding hydrogens is 426 g/mol. The minimum absolute atomic E-state index is 0.139. The fourth-order valence-corrected chi connectivity index (χ4v) is 3.59. The number of carbonyl (C=O) groups is 2. The van der Waals surface area contributed by atoms with Crippen LogP contribution < -0.4 is 5.48 Å². The zero-order valence-electron chi connectivity index (χ0n) is 17.4. The highest BCUT2D eigenvalue weighted by Gasteiger charge is 2.18. The molecule has 1 amide bonds. The van der Waals surface area contributed by atoms with Crippen LogP contribution >= 0.6 is 0 Å². The highest BCUT2D eigenvalue weighted by atomic mass is 19.1. The van der Waals surface area contributed by atoms with Gasteiger partial charge in [-0.1, -0.05) is 24.3 Å². The van der Waals surface area contributed by atoms with Gasteiger partial charge >= 0.3 is 0 Å². The average Bonchev–Trinajstić information content (AvgIpc) is 3.29. The molecule has 0 aliphatic heterocycles. The molecular formula is C26H20F2N2O3. The van der Waals surface area contributed by atoms with Crippen LogP contribution in [0, 0.1) is 11.6 Å². The molecule has 33 heavy (non-hydrogen) atoms. The van der Waals surface area contributed by atoms with Gasteiger partial charge in [-0.15, -0.1) is 0 Å². The number of carbonyl (C=O) groups excluding carboxylic acids is 2. The molecule has 0 fully saturated rings. The highest BCUT2D eigenvalue weighted by Crippen LogP contribution is 2.31. The summed E-state index contributed by atoms with van der Waals surface area (Å²) in [6, 6.07) is 20.2. The number of Topliss-reactive ketones (excluding diaryl/α,β-unsaturated/α-hetero) is 1. The summed E-state index contributed by atoms with van der Waals surface area (Å²) in [6.45, 7) is 0. The van der Waals surface area contributed by atoms with Crippen LogP contribution in [0.1, 0.15) is 32.8 Å². The number of hydrogen-bond donors (Lipinski definition) is 3. The van der Waals surface area contributed by atoms with Crippen molar-refractivity contribution in [2.45, 2.75) is 12.8 Å². The van der Waals surface area contributed by atoms with Gasteiger partial charge in [0.05, 0.1) is 5.69 Å². The molecule has 0 saturated heterocycles. The Morgan fingerprint density at radius 1 is 0.818 bits per heavy atom. The van der Waals surface area contributed by atoms with Crippen molar-refractivity contribution in [2.75, 3.05) is 0 Å². The van der Waals surface area contributed by atoms with Gasteiger partial charge in [0.15, 0.2) is 5.78 Å². The average molecular weight is 446 g/mol. The molecule has 0 unspecified atom stereocenters. The first-order valence-corrected chi connectivity index (χ1v) is 10.3. The minimum Gasteiger partial charge on any atom is -0.352 e. The Balaban J connectivity index is 1.60. The van der Waals surface area contributed by atoms with Gasteiger partial charge in [0, 0.05) is 23.2 Å². The Labute approximate surface area is 188 Å². The number of aromatic nitrogens is 1. The normalized spacial score (nSPS) is 10.8. The van der Waals surface area contributed by atoms with Crippen molar-refractivity contribution in [2.24, 2.45) is 0 Å². The number of amides is 1. The molecule has 166 valence electrons. The molecule has 4 rings (SSSR count). The van der Waals surface area contributed by atoms with Gasteiger partial charge in [0.25, 0.3) is 5.91 Å². The number of halogens is 2. The third kappa shape index (κ3) is 5.05. The third-order valence-electron chi connectivity index (χ3n) is 5.37. The van der Waals surface area contributed by atoms with E-state index in [-0.39, 0.29) is 23.8 Å². The molecule has 7 heteroatoms. The molecule has 0 aliphatic rings. The van der Waals surface area contributed by atoms with Gasteiger partial charge in [-0.25, -0.2) is 14.3 Å². The molecule has 3 aromatic carbocycles. The van der Waals surface area contributed by atoms with Crippen molar-refractivity contribution in [1.29, 1.82) is 0 Å². The van der Waals surface area contributed by atoms with Crippen molar-refractivity contribution in [3.63, 3.8) is 0 Å². The molecule has 3 N–H and O–H groups in total. The molecule has 1 heterocycles. The Bertz CT molecular complexity index is 1280. The maximum atomic E-state index is 13.4. The fourth-order valence-electron chi connectivity index (χ4n) is 3.59. The maximum absolute atomic E-state index is 13.4. The Hall–Kier alpha value is -4.10. The molecule has 5 nitrogen and oxygen atoms in total. The second-order valence-electron chi connectivity index (χ2n) is 7.55. The summed E-state index contributed by atoms with van der Waals surface area (Å²) in [4.78, 5) is 27.7. The summed E-state index contributed by atoms with van der Waals surface area (Å²) in [6.07, 6.45) is 0.636. The zero-order chi connectivity index (χ0) is 23.4. The summed E-state index contributed by atoms with van der Waals surface area (Å²) in [5.74, 6) is -1.48. The second kappa shape index (κ2) is 9.58. The first kappa shape index (κ1) is 22.1. The lowest BCUT2D eigenvalue weighted by Crippen LogP contribution is -2.18. The van der Waals surface area contributed by atoms with E-state index in [1.165, 1.54) is 24.3 Å². The summed E-state index contributed by atoms with van der Waals surface area (Å²) < 4.78 is 26.8. The predicted molar refractivity (Wildman–Crippen MR) is 120 cm³/mol. The van der Waals surface area contributed by atoms with Crippen LogP contribution in [0.5, 0.6) is 0 Å². The maximum Gasteiger partial charge on any atom is 0.274 e. The number of nitrogens with one attached hydrogen (secondary N) is 2. The largest absolute Gasteiger partial charge is 0.352 e. The van der Waals surface area contributed by atoms with E-state index >= 15 is 0 Å². The first-order valence-electron chi connectivity index (χ1n) is 10.3. The number of aromatic amines is 1. The van der Waals surface area contributed by atoms with Crippen molar-refractivity contribution in [3.8, 4) is 22.4 Å². The molecule has 0 atom stereocenters. The van der Waals surface area contributed by atoms with Gasteiger partial charge in [-0.2, -0.15) is 0 Å². The Kier molecular flexibility index (Phi) is 6.42. The van der Waals surface area contributed by atoms with Crippen LogP contribution in [0.15, 0.2) is 78.9 Å².